The summed E-state index contributed by atoms with van der Waals surface area (Å²) in [6.07, 6.45) is 0. The van der Waals surface area contributed by atoms with Gasteiger partial charge in [-0.05, 0) is 53.5 Å². The minimum absolute atomic E-state index is 0.0621. The lowest BCUT2D eigenvalue weighted by molar-refractivity contribution is 0.0949. The van der Waals surface area contributed by atoms with E-state index in [1.54, 1.807) is 11.8 Å². The lowest BCUT2D eigenvalue weighted by atomic mass is 9.87. The second-order valence-electron chi connectivity index (χ2n) is 8.02. The largest absolute Gasteiger partial charge is 0.345 e. The molecule has 6 heteroatoms. The molecule has 2 aromatic carbocycles. The summed E-state index contributed by atoms with van der Waals surface area (Å²) in [5, 5.41) is 12.5. The highest BCUT2D eigenvalue weighted by Gasteiger charge is 2.17. The lowest BCUT2D eigenvalue weighted by Crippen LogP contribution is -2.25. The fourth-order valence-electron chi connectivity index (χ4n) is 3.05. The van der Waals surface area contributed by atoms with E-state index in [-0.39, 0.29) is 11.3 Å². The number of carbonyl (C=O) groups is 1. The van der Waals surface area contributed by atoms with Crippen molar-refractivity contribution in [1.82, 2.24) is 20.1 Å². The number of aryl methyl sites for hydroxylation is 1. The van der Waals surface area contributed by atoms with Crippen LogP contribution in [0.4, 0.5) is 0 Å². The van der Waals surface area contributed by atoms with Gasteiger partial charge in [-0.25, -0.2) is 0 Å². The van der Waals surface area contributed by atoms with Gasteiger partial charge in [-0.15, -0.1) is 10.2 Å². The fourth-order valence-corrected chi connectivity index (χ4v) is 3.74. The van der Waals surface area contributed by atoms with Crippen LogP contribution in [-0.4, -0.2) is 26.4 Å². The fraction of sp³-hybridized carbons (Fsp3) is 0.348. The second kappa shape index (κ2) is 8.82. The number of hydrogen-bond acceptors (Lipinski definition) is 4. The first-order valence-corrected chi connectivity index (χ1v) is 10.8. The van der Waals surface area contributed by atoms with E-state index in [9.17, 15) is 4.79 Å². The van der Waals surface area contributed by atoms with Crippen LogP contribution in [0.5, 0.6) is 0 Å². The summed E-state index contributed by atoms with van der Waals surface area (Å²) < 4.78 is 2.02. The van der Waals surface area contributed by atoms with Crippen molar-refractivity contribution in [2.24, 2.45) is 0 Å². The molecule has 1 heterocycles. The van der Waals surface area contributed by atoms with Gasteiger partial charge in [0.15, 0.2) is 11.0 Å². The van der Waals surface area contributed by atoms with Gasteiger partial charge >= 0.3 is 0 Å². The first-order valence-electron chi connectivity index (χ1n) is 9.82. The number of amides is 1. The van der Waals surface area contributed by atoms with Crippen molar-refractivity contribution in [1.29, 1.82) is 0 Å². The van der Waals surface area contributed by atoms with Crippen LogP contribution in [0.3, 0.4) is 0 Å². The molecule has 0 atom stereocenters. The van der Waals surface area contributed by atoms with Crippen molar-refractivity contribution in [3.63, 3.8) is 0 Å². The Morgan fingerprint density at radius 1 is 1.10 bits per heavy atom. The Kier molecular flexibility index (Phi) is 6.42. The molecular weight excluding hydrogens is 380 g/mol. The van der Waals surface area contributed by atoms with E-state index in [1.165, 1.54) is 5.56 Å². The predicted molar refractivity (Wildman–Crippen MR) is 119 cm³/mol. The number of hydrogen-bond donors (Lipinski definition) is 1. The van der Waals surface area contributed by atoms with Gasteiger partial charge in [0.1, 0.15) is 0 Å². The van der Waals surface area contributed by atoms with Crippen LogP contribution < -0.4 is 5.32 Å². The Hall–Kier alpha value is -2.60. The first kappa shape index (κ1) is 21.1. The monoisotopic (exact) mass is 408 g/mol. The van der Waals surface area contributed by atoms with Gasteiger partial charge in [0.25, 0.3) is 5.91 Å². The molecule has 0 unspecified atom stereocenters. The maximum Gasteiger partial charge on any atom is 0.251 e. The number of thioether (sulfide) groups is 1. The zero-order valence-corrected chi connectivity index (χ0v) is 18.5. The Bertz CT molecular complexity index is 987. The molecule has 0 aliphatic carbocycles. The minimum atomic E-state index is -0.117. The normalized spacial score (nSPS) is 11.5. The predicted octanol–water partition coefficient (Wildman–Crippen LogP) is 4.92. The second-order valence-corrected chi connectivity index (χ2v) is 9.25. The smallest absolute Gasteiger partial charge is 0.251 e. The van der Waals surface area contributed by atoms with Gasteiger partial charge in [0.05, 0.1) is 6.54 Å². The number of benzene rings is 2. The van der Waals surface area contributed by atoms with Crippen molar-refractivity contribution < 1.29 is 4.79 Å². The Balaban J connectivity index is 1.79. The molecule has 0 aliphatic heterocycles. The van der Waals surface area contributed by atoms with Crippen LogP contribution in [-0.2, 0) is 12.0 Å². The summed E-state index contributed by atoms with van der Waals surface area (Å²) in [7, 11) is 0. The summed E-state index contributed by atoms with van der Waals surface area (Å²) in [6, 6.07) is 16.0. The van der Waals surface area contributed by atoms with E-state index in [1.807, 2.05) is 41.0 Å². The quantitative estimate of drug-likeness (QED) is 0.589. The highest BCUT2D eigenvalue weighted by Crippen LogP contribution is 2.23. The Morgan fingerprint density at radius 2 is 1.83 bits per heavy atom. The zero-order valence-electron chi connectivity index (χ0n) is 17.7. The highest BCUT2D eigenvalue weighted by molar-refractivity contribution is 7.99. The molecule has 0 fully saturated rings. The summed E-state index contributed by atoms with van der Waals surface area (Å²) >= 11 is 1.63. The molecule has 1 N–H and O–H groups in total. The highest BCUT2D eigenvalue weighted by atomic mass is 32.2. The topological polar surface area (TPSA) is 59.8 Å². The summed E-state index contributed by atoms with van der Waals surface area (Å²) in [5.41, 5.74) is 4.08. The van der Waals surface area contributed by atoms with Crippen LogP contribution >= 0.6 is 11.8 Å². The van der Waals surface area contributed by atoms with Crippen LogP contribution in [0, 0.1) is 6.92 Å². The standard InChI is InChI=1S/C23H28N4OS/c1-6-29-22-26-25-20(27(22)19-9-7-8-16(2)14-19)15-24-21(28)17-10-12-18(13-11-17)23(3,4)5/h7-14H,6,15H2,1-5H3,(H,24,28). The molecule has 5 nitrogen and oxygen atoms in total. The third-order valence-corrected chi connectivity index (χ3v) is 5.46. The molecule has 29 heavy (non-hydrogen) atoms. The van der Waals surface area contributed by atoms with Crippen molar-refractivity contribution in [2.45, 2.75) is 51.7 Å². The van der Waals surface area contributed by atoms with Gasteiger partial charge in [0.2, 0.25) is 0 Å². The number of nitrogens with zero attached hydrogens (tertiary/aromatic N) is 3. The van der Waals surface area contributed by atoms with E-state index in [4.69, 9.17) is 0 Å². The van der Waals surface area contributed by atoms with E-state index < -0.39 is 0 Å². The molecule has 152 valence electrons. The van der Waals surface area contributed by atoms with Crippen LogP contribution in [0.15, 0.2) is 53.7 Å². The Morgan fingerprint density at radius 3 is 2.45 bits per heavy atom. The number of aromatic nitrogens is 3. The van der Waals surface area contributed by atoms with Gasteiger partial charge in [-0.3, -0.25) is 9.36 Å². The van der Waals surface area contributed by atoms with E-state index >= 15 is 0 Å². The molecule has 0 spiro atoms. The summed E-state index contributed by atoms with van der Waals surface area (Å²) in [6.45, 7) is 10.9. The number of nitrogens with one attached hydrogen (secondary N) is 1. The van der Waals surface area contributed by atoms with Gasteiger partial charge in [0, 0.05) is 11.3 Å². The van der Waals surface area contributed by atoms with E-state index in [0.717, 1.165) is 22.2 Å². The molecule has 0 aliphatic rings. The van der Waals surface area contributed by atoms with Gasteiger partial charge in [-0.1, -0.05) is 63.7 Å². The SMILES string of the molecule is CCSc1nnc(CNC(=O)c2ccc(C(C)(C)C)cc2)n1-c1cccc(C)c1. The average molecular weight is 409 g/mol. The maximum atomic E-state index is 12.6. The molecule has 3 rings (SSSR count). The lowest BCUT2D eigenvalue weighted by Gasteiger charge is -2.19. The molecule has 0 saturated carbocycles. The molecule has 0 radical (unpaired) electrons. The minimum Gasteiger partial charge on any atom is -0.345 e. The first-order chi connectivity index (χ1) is 13.8. The average Bonchev–Trinajstić information content (AvgIpc) is 3.08. The third-order valence-electron chi connectivity index (χ3n) is 4.65. The van der Waals surface area contributed by atoms with Gasteiger partial charge < -0.3 is 5.32 Å². The maximum absolute atomic E-state index is 12.6. The summed E-state index contributed by atoms with van der Waals surface area (Å²) in [4.78, 5) is 12.6. The van der Waals surface area contributed by atoms with Crippen LogP contribution in [0.1, 0.15) is 55.0 Å². The number of carbonyl (C=O) groups excluding carboxylic acids is 1. The van der Waals surface area contributed by atoms with Crippen LogP contribution in [0.25, 0.3) is 5.69 Å². The van der Waals surface area contributed by atoms with Gasteiger partial charge in [-0.2, -0.15) is 0 Å². The Labute approximate surface area is 176 Å². The molecule has 0 saturated heterocycles. The molecule has 3 aromatic rings. The molecule has 0 bridgehead atoms. The van der Waals surface area contributed by atoms with Crippen LogP contribution in [0.2, 0.25) is 0 Å². The van der Waals surface area contributed by atoms with Crippen molar-refractivity contribution in [3.05, 3.63) is 71.0 Å². The van der Waals surface area contributed by atoms with Crippen molar-refractivity contribution in [2.75, 3.05) is 5.75 Å². The molecular formula is C23H28N4OS. The van der Waals surface area contributed by atoms with Crippen molar-refractivity contribution >= 4 is 17.7 Å². The van der Waals surface area contributed by atoms with E-state index in [0.29, 0.717) is 17.9 Å². The molecule has 1 aromatic heterocycles. The third kappa shape index (κ3) is 5.07. The zero-order chi connectivity index (χ0) is 21.0. The summed E-state index contributed by atoms with van der Waals surface area (Å²) in [5.74, 6) is 1.50. The molecule has 1 amide bonds. The number of rotatable bonds is 6. The van der Waals surface area contributed by atoms with E-state index in [2.05, 4.69) is 62.3 Å². The van der Waals surface area contributed by atoms with Crippen molar-refractivity contribution in [3.8, 4) is 5.69 Å².